The minimum absolute atomic E-state index is 0.0253. The highest BCUT2D eigenvalue weighted by molar-refractivity contribution is 5.92. The van der Waals surface area contributed by atoms with Gasteiger partial charge in [0.1, 0.15) is 11.5 Å². The first kappa shape index (κ1) is 11.8. The van der Waals surface area contributed by atoms with Crippen molar-refractivity contribution in [1.82, 2.24) is 14.9 Å². The predicted molar refractivity (Wildman–Crippen MR) is 65.9 cm³/mol. The second-order valence-corrected chi connectivity index (χ2v) is 4.91. The predicted octanol–water partition coefficient (Wildman–Crippen LogP) is 1.53. The molecule has 1 aromatic rings. The Morgan fingerprint density at radius 1 is 1.41 bits per heavy atom. The average molecular weight is 234 g/mol. The zero-order valence-electron chi connectivity index (χ0n) is 10.5. The quantitative estimate of drug-likeness (QED) is 0.843. The van der Waals surface area contributed by atoms with Crippen molar-refractivity contribution in [3.63, 3.8) is 0 Å². The molecule has 0 aromatic carbocycles. The van der Waals surface area contributed by atoms with Gasteiger partial charge in [-0.3, -0.25) is 4.79 Å². The standard InChI is InChI=1S/C12H18N4O/c1-12(2)5-4-6-16(12)11(17)9-7-15-10(13-3)8-14-9/h7-8H,4-6H2,1-3H3,(H,13,15). The molecule has 0 atom stereocenters. The molecule has 1 aliphatic heterocycles. The maximum atomic E-state index is 12.3. The van der Waals surface area contributed by atoms with Gasteiger partial charge in [-0.1, -0.05) is 0 Å². The first-order valence-corrected chi connectivity index (χ1v) is 5.86. The molecule has 1 N–H and O–H groups in total. The maximum Gasteiger partial charge on any atom is 0.274 e. The molecule has 1 aliphatic rings. The van der Waals surface area contributed by atoms with Crippen LogP contribution < -0.4 is 5.32 Å². The van der Waals surface area contributed by atoms with Gasteiger partial charge in [0.25, 0.3) is 5.91 Å². The molecular weight excluding hydrogens is 216 g/mol. The zero-order valence-corrected chi connectivity index (χ0v) is 10.5. The summed E-state index contributed by atoms with van der Waals surface area (Å²) >= 11 is 0. The highest BCUT2D eigenvalue weighted by Gasteiger charge is 2.36. The fourth-order valence-corrected chi connectivity index (χ4v) is 2.19. The van der Waals surface area contributed by atoms with Crippen LogP contribution in [-0.2, 0) is 0 Å². The molecule has 0 saturated carbocycles. The molecule has 5 heteroatoms. The van der Waals surface area contributed by atoms with Gasteiger partial charge in [-0.25, -0.2) is 9.97 Å². The van der Waals surface area contributed by atoms with Gasteiger partial charge in [0.2, 0.25) is 0 Å². The van der Waals surface area contributed by atoms with Gasteiger partial charge in [-0.05, 0) is 26.7 Å². The van der Waals surface area contributed by atoms with Crippen LogP contribution in [0.1, 0.15) is 37.2 Å². The lowest BCUT2D eigenvalue weighted by Crippen LogP contribution is -2.43. The Labute approximate surface area is 101 Å². The topological polar surface area (TPSA) is 58.1 Å². The van der Waals surface area contributed by atoms with Crippen molar-refractivity contribution in [3.8, 4) is 0 Å². The molecule has 1 amide bonds. The third kappa shape index (κ3) is 2.23. The van der Waals surface area contributed by atoms with Gasteiger partial charge in [0.15, 0.2) is 0 Å². The van der Waals surface area contributed by atoms with E-state index in [1.165, 1.54) is 6.20 Å². The number of hydrogen-bond donors (Lipinski definition) is 1. The Morgan fingerprint density at radius 3 is 2.65 bits per heavy atom. The lowest BCUT2D eigenvalue weighted by molar-refractivity contribution is 0.0645. The summed E-state index contributed by atoms with van der Waals surface area (Å²) in [7, 11) is 1.77. The third-order valence-electron chi connectivity index (χ3n) is 3.27. The molecule has 1 fully saturated rings. The molecule has 1 aromatic heterocycles. The Balaban J connectivity index is 2.19. The number of likely N-dealkylation sites (tertiary alicyclic amines) is 1. The number of carbonyl (C=O) groups is 1. The van der Waals surface area contributed by atoms with Crippen molar-refractivity contribution in [3.05, 3.63) is 18.1 Å². The Bertz CT molecular complexity index is 413. The van der Waals surface area contributed by atoms with E-state index < -0.39 is 0 Å². The lowest BCUT2D eigenvalue weighted by Gasteiger charge is -2.31. The van der Waals surface area contributed by atoms with Crippen LogP contribution in [0.4, 0.5) is 5.82 Å². The Kier molecular flexibility index (Phi) is 3.00. The van der Waals surface area contributed by atoms with Gasteiger partial charge in [-0.15, -0.1) is 0 Å². The van der Waals surface area contributed by atoms with Crippen molar-refractivity contribution < 1.29 is 4.79 Å². The van der Waals surface area contributed by atoms with Crippen LogP contribution in [-0.4, -0.2) is 39.9 Å². The number of anilines is 1. The molecule has 92 valence electrons. The van der Waals surface area contributed by atoms with Gasteiger partial charge >= 0.3 is 0 Å². The molecule has 0 bridgehead atoms. The van der Waals surface area contributed by atoms with E-state index >= 15 is 0 Å². The summed E-state index contributed by atoms with van der Waals surface area (Å²) in [6.45, 7) is 4.99. The van der Waals surface area contributed by atoms with E-state index in [-0.39, 0.29) is 11.4 Å². The van der Waals surface area contributed by atoms with Crippen LogP contribution in [0.3, 0.4) is 0 Å². The Hall–Kier alpha value is -1.65. The van der Waals surface area contributed by atoms with Gasteiger partial charge < -0.3 is 10.2 Å². The first-order valence-electron chi connectivity index (χ1n) is 5.86. The molecule has 5 nitrogen and oxygen atoms in total. The molecule has 2 heterocycles. The maximum absolute atomic E-state index is 12.3. The number of rotatable bonds is 2. The molecule has 0 aliphatic carbocycles. The largest absolute Gasteiger partial charge is 0.372 e. The summed E-state index contributed by atoms with van der Waals surface area (Å²) in [5, 5.41) is 2.88. The average Bonchev–Trinajstić information content (AvgIpc) is 2.68. The highest BCUT2D eigenvalue weighted by Crippen LogP contribution is 2.29. The molecule has 1 saturated heterocycles. The summed E-state index contributed by atoms with van der Waals surface area (Å²) in [5.41, 5.74) is 0.347. The number of nitrogens with one attached hydrogen (secondary N) is 1. The van der Waals surface area contributed by atoms with Crippen molar-refractivity contribution >= 4 is 11.7 Å². The zero-order chi connectivity index (χ0) is 12.5. The molecule has 17 heavy (non-hydrogen) atoms. The van der Waals surface area contributed by atoms with Crippen LogP contribution in [0, 0.1) is 0 Å². The van der Waals surface area contributed by atoms with E-state index in [4.69, 9.17) is 0 Å². The van der Waals surface area contributed by atoms with E-state index in [0.717, 1.165) is 19.4 Å². The monoisotopic (exact) mass is 234 g/mol. The first-order chi connectivity index (χ1) is 8.04. The summed E-state index contributed by atoms with van der Waals surface area (Å²) in [4.78, 5) is 22.4. The minimum Gasteiger partial charge on any atom is -0.372 e. The highest BCUT2D eigenvalue weighted by atomic mass is 16.2. The van der Waals surface area contributed by atoms with Crippen LogP contribution in [0.5, 0.6) is 0 Å². The molecule has 0 radical (unpaired) electrons. The van der Waals surface area contributed by atoms with Crippen LogP contribution >= 0.6 is 0 Å². The third-order valence-corrected chi connectivity index (χ3v) is 3.27. The SMILES string of the molecule is CNc1cnc(C(=O)N2CCCC2(C)C)cn1. The van der Waals surface area contributed by atoms with E-state index in [9.17, 15) is 4.79 Å². The van der Waals surface area contributed by atoms with Crippen LogP contribution in [0.15, 0.2) is 12.4 Å². The number of aromatic nitrogens is 2. The van der Waals surface area contributed by atoms with E-state index in [1.807, 2.05) is 4.90 Å². The number of hydrogen-bond acceptors (Lipinski definition) is 4. The normalized spacial score (nSPS) is 18.2. The van der Waals surface area contributed by atoms with E-state index in [2.05, 4.69) is 29.1 Å². The second-order valence-electron chi connectivity index (χ2n) is 4.91. The fraction of sp³-hybridized carbons (Fsp3) is 0.583. The molecule has 0 unspecified atom stereocenters. The number of amides is 1. The summed E-state index contributed by atoms with van der Waals surface area (Å²) in [6.07, 6.45) is 5.21. The van der Waals surface area contributed by atoms with Crippen molar-refractivity contribution in [1.29, 1.82) is 0 Å². The summed E-state index contributed by atoms with van der Waals surface area (Å²) in [6, 6.07) is 0. The number of carbonyl (C=O) groups excluding carboxylic acids is 1. The van der Waals surface area contributed by atoms with E-state index in [1.54, 1.807) is 13.2 Å². The van der Waals surface area contributed by atoms with Gasteiger partial charge in [-0.2, -0.15) is 0 Å². The molecular formula is C12H18N4O. The fourth-order valence-electron chi connectivity index (χ4n) is 2.19. The van der Waals surface area contributed by atoms with Crippen molar-refractivity contribution in [2.45, 2.75) is 32.2 Å². The van der Waals surface area contributed by atoms with Gasteiger partial charge in [0, 0.05) is 19.1 Å². The van der Waals surface area contributed by atoms with Crippen molar-refractivity contribution in [2.24, 2.45) is 0 Å². The summed E-state index contributed by atoms with van der Waals surface area (Å²) in [5.74, 6) is 0.643. The summed E-state index contributed by atoms with van der Waals surface area (Å²) < 4.78 is 0. The van der Waals surface area contributed by atoms with Crippen molar-refractivity contribution in [2.75, 3.05) is 18.9 Å². The Morgan fingerprint density at radius 2 is 2.18 bits per heavy atom. The smallest absolute Gasteiger partial charge is 0.274 e. The molecule has 2 rings (SSSR count). The second kappa shape index (κ2) is 4.31. The minimum atomic E-state index is -0.0690. The van der Waals surface area contributed by atoms with Gasteiger partial charge in [0.05, 0.1) is 12.4 Å². The van der Waals surface area contributed by atoms with Crippen LogP contribution in [0.25, 0.3) is 0 Å². The molecule has 0 spiro atoms. The lowest BCUT2D eigenvalue weighted by atomic mass is 10.0. The van der Waals surface area contributed by atoms with E-state index in [0.29, 0.717) is 11.5 Å². The van der Waals surface area contributed by atoms with Crippen LogP contribution in [0.2, 0.25) is 0 Å². The number of nitrogens with zero attached hydrogens (tertiary/aromatic N) is 3.